The molecule has 0 saturated heterocycles. The second-order valence-electron chi connectivity index (χ2n) is 14.1. The lowest BCUT2D eigenvalue weighted by atomic mass is 10.0. The van der Waals surface area contributed by atoms with Gasteiger partial charge in [-0.3, -0.25) is 29.1 Å². The maximum Gasteiger partial charge on any atom is 0.291 e. The summed E-state index contributed by atoms with van der Waals surface area (Å²) in [5, 5.41) is 15.4. The second-order valence-corrected chi connectivity index (χ2v) is 14.5. The summed E-state index contributed by atoms with van der Waals surface area (Å²) in [6.45, 7) is 3.10. The average Bonchev–Trinajstić information content (AvgIpc) is 3.27. The predicted octanol–water partition coefficient (Wildman–Crippen LogP) is 9.53. The van der Waals surface area contributed by atoms with E-state index in [9.17, 15) is 28.0 Å². The normalized spacial score (nSPS) is 10.7. The second kappa shape index (κ2) is 19.6. The monoisotopic (exact) mass is 862 g/mol. The highest BCUT2D eigenvalue weighted by Gasteiger charge is 2.24. The minimum absolute atomic E-state index is 0.00257. The van der Waals surface area contributed by atoms with Crippen LogP contribution in [0.2, 0.25) is 5.02 Å². The minimum atomic E-state index is -0.814. The molecule has 0 spiro atoms. The molecule has 2 N–H and O–H groups in total. The highest BCUT2D eigenvalue weighted by molar-refractivity contribution is 6.30. The van der Waals surface area contributed by atoms with Gasteiger partial charge in [0, 0.05) is 58.4 Å². The van der Waals surface area contributed by atoms with Gasteiger partial charge in [0.2, 0.25) is 0 Å². The van der Waals surface area contributed by atoms with Crippen LogP contribution >= 0.6 is 11.6 Å². The van der Waals surface area contributed by atoms with Gasteiger partial charge in [0.15, 0.2) is 11.6 Å². The van der Waals surface area contributed by atoms with Gasteiger partial charge in [0.25, 0.3) is 11.1 Å². The molecule has 4 heterocycles. The third-order valence-electron chi connectivity index (χ3n) is 9.50. The van der Waals surface area contributed by atoms with Crippen LogP contribution in [0.4, 0.5) is 31.5 Å². The van der Waals surface area contributed by atoms with E-state index in [1.165, 1.54) is 23.2 Å². The number of benzene rings is 4. The van der Waals surface area contributed by atoms with Gasteiger partial charge in [-0.15, -0.1) is 0 Å². The lowest BCUT2D eigenvalue weighted by Gasteiger charge is -2.17. The number of anilines is 4. The minimum Gasteiger partial charge on any atom is -0.350 e. The Bertz CT molecular complexity index is 3020. The molecule has 15 heteroatoms. The van der Waals surface area contributed by atoms with Crippen LogP contribution in [0.3, 0.4) is 0 Å². The van der Waals surface area contributed by atoms with Crippen molar-refractivity contribution in [2.45, 2.75) is 26.9 Å². The molecule has 0 amide bonds. The number of hydrogen-bond acceptors (Lipinski definition) is 10. The average molecular weight is 863 g/mol. The molecule has 0 aliphatic carbocycles. The number of pyridine rings is 2. The quantitative estimate of drug-likeness (QED) is 0.114. The molecule has 0 fully saturated rings. The third kappa shape index (κ3) is 10.5. The highest BCUT2D eigenvalue weighted by Crippen LogP contribution is 2.30. The standard InChI is InChI=1S/C24H19ClN4O2.C24H18F2N4O2/c1-16(30)21-22(18-6-3-2-4-7-18)28-29(15-17-10-12-26-13-11-17)24(31)23(21)27-20-9-5-8-19(25)14-20;1-15(31)21-22(17-5-3-2-4-6-17)29-30(14-16-7-9-27-10-8-16)24(32)23(21)28-20-12-18(25)11-19(26)13-20/h2-14,27H,15H2,1H3;2-13,28H,14H2,1H3. The topological polar surface area (TPSA) is 154 Å². The lowest BCUT2D eigenvalue weighted by Crippen LogP contribution is -2.29. The molecule has 63 heavy (non-hydrogen) atoms. The molecule has 8 aromatic rings. The van der Waals surface area contributed by atoms with Crippen LogP contribution in [0.5, 0.6) is 0 Å². The van der Waals surface area contributed by atoms with Crippen LogP contribution in [0, 0.1) is 11.6 Å². The number of carbonyl (C=O) groups excluding carboxylic acids is 2. The van der Waals surface area contributed by atoms with Crippen LogP contribution in [0.1, 0.15) is 45.7 Å². The van der Waals surface area contributed by atoms with Crippen molar-refractivity contribution in [3.63, 3.8) is 0 Å². The summed E-state index contributed by atoms with van der Waals surface area (Å²) < 4.78 is 30.1. The van der Waals surface area contributed by atoms with Gasteiger partial charge in [-0.2, -0.15) is 10.2 Å². The summed E-state index contributed by atoms with van der Waals surface area (Å²) in [5.74, 6) is -2.30. The summed E-state index contributed by atoms with van der Waals surface area (Å²) in [7, 11) is 0. The van der Waals surface area contributed by atoms with Gasteiger partial charge in [-0.1, -0.05) is 78.3 Å². The number of Topliss-reactive ketones (excluding diaryl/α,β-unsaturated/α-hetero) is 2. The van der Waals surface area contributed by atoms with Crippen molar-refractivity contribution in [1.29, 1.82) is 0 Å². The first-order valence-corrected chi connectivity index (χ1v) is 19.8. The molecule has 0 radical (unpaired) electrons. The fraction of sp³-hybridized carbons (Fsp3) is 0.0833. The molecule has 0 unspecified atom stereocenters. The predicted molar refractivity (Wildman–Crippen MR) is 239 cm³/mol. The van der Waals surface area contributed by atoms with Gasteiger partial charge < -0.3 is 10.6 Å². The fourth-order valence-electron chi connectivity index (χ4n) is 6.67. The number of rotatable bonds is 12. The van der Waals surface area contributed by atoms with Crippen molar-refractivity contribution in [1.82, 2.24) is 29.5 Å². The van der Waals surface area contributed by atoms with E-state index >= 15 is 0 Å². The summed E-state index contributed by atoms with van der Waals surface area (Å²) >= 11 is 6.11. The van der Waals surface area contributed by atoms with E-state index in [0.29, 0.717) is 22.0 Å². The molecule has 0 aliphatic rings. The van der Waals surface area contributed by atoms with Crippen LogP contribution in [0.15, 0.2) is 162 Å². The van der Waals surface area contributed by atoms with Crippen molar-refractivity contribution in [3.8, 4) is 22.5 Å². The maximum atomic E-state index is 13.8. The molecule has 0 aliphatic heterocycles. The third-order valence-corrected chi connectivity index (χ3v) is 9.73. The number of nitrogens with one attached hydrogen (secondary N) is 2. The maximum absolute atomic E-state index is 13.8. The Morgan fingerprint density at radius 1 is 0.556 bits per heavy atom. The zero-order valence-corrected chi connectivity index (χ0v) is 34.6. The first-order chi connectivity index (χ1) is 30.4. The van der Waals surface area contributed by atoms with E-state index in [4.69, 9.17) is 11.6 Å². The SMILES string of the molecule is CC(=O)c1c(-c2ccccc2)nn(Cc2ccncc2)c(=O)c1Nc1cc(F)cc(F)c1.CC(=O)c1c(-c2ccccc2)nn(Cc2ccncc2)c(=O)c1Nc1cccc(Cl)c1. The summed E-state index contributed by atoms with van der Waals surface area (Å²) in [6, 6.07) is 35.2. The number of hydrogen-bond donors (Lipinski definition) is 2. The highest BCUT2D eigenvalue weighted by atomic mass is 35.5. The molecule has 4 aromatic carbocycles. The van der Waals surface area contributed by atoms with Crippen LogP contribution in [-0.4, -0.2) is 41.1 Å². The Hall–Kier alpha value is -7.97. The number of ketones is 2. The molecule has 8 rings (SSSR count). The molecule has 314 valence electrons. The van der Waals surface area contributed by atoms with Gasteiger partial charge in [0.05, 0.1) is 24.2 Å². The molecule has 0 bridgehead atoms. The molecule has 0 saturated carbocycles. The number of halogens is 3. The molecular formula is C48H37ClF2N8O4. The first kappa shape index (κ1) is 43.1. The largest absolute Gasteiger partial charge is 0.350 e. The number of carbonyl (C=O) groups is 2. The molecule has 4 aromatic heterocycles. The molecular weight excluding hydrogens is 826 g/mol. The molecule has 12 nitrogen and oxygen atoms in total. The lowest BCUT2D eigenvalue weighted by molar-refractivity contribution is 0.101. The Morgan fingerprint density at radius 3 is 1.40 bits per heavy atom. The van der Waals surface area contributed by atoms with Crippen LogP contribution < -0.4 is 21.8 Å². The van der Waals surface area contributed by atoms with E-state index < -0.39 is 28.5 Å². The van der Waals surface area contributed by atoms with E-state index in [1.54, 1.807) is 85.5 Å². The van der Waals surface area contributed by atoms with Gasteiger partial charge >= 0.3 is 0 Å². The van der Waals surface area contributed by atoms with Gasteiger partial charge in [-0.05, 0) is 79.6 Å². The van der Waals surface area contributed by atoms with E-state index in [-0.39, 0.29) is 52.8 Å². The van der Waals surface area contributed by atoms with Crippen molar-refractivity contribution in [2.75, 3.05) is 10.6 Å². The van der Waals surface area contributed by atoms with Crippen molar-refractivity contribution in [2.24, 2.45) is 0 Å². The van der Waals surface area contributed by atoms with Crippen LogP contribution in [-0.2, 0) is 13.1 Å². The van der Waals surface area contributed by atoms with Crippen molar-refractivity contribution < 1.29 is 18.4 Å². The zero-order valence-electron chi connectivity index (χ0n) is 33.8. The number of aromatic nitrogens is 6. The van der Waals surface area contributed by atoms with Crippen LogP contribution in [0.25, 0.3) is 22.5 Å². The Morgan fingerprint density at radius 2 is 0.984 bits per heavy atom. The first-order valence-electron chi connectivity index (χ1n) is 19.4. The summed E-state index contributed by atoms with van der Waals surface area (Å²) in [6.07, 6.45) is 6.51. The zero-order chi connectivity index (χ0) is 44.5. The van der Waals surface area contributed by atoms with E-state index in [0.717, 1.165) is 34.9 Å². The van der Waals surface area contributed by atoms with E-state index in [2.05, 4.69) is 30.8 Å². The summed E-state index contributed by atoms with van der Waals surface area (Å²) in [5.41, 5.74) is 3.66. The fourth-order valence-corrected chi connectivity index (χ4v) is 6.86. The van der Waals surface area contributed by atoms with Crippen molar-refractivity contribution >= 4 is 45.9 Å². The van der Waals surface area contributed by atoms with Gasteiger partial charge in [0.1, 0.15) is 34.4 Å². The van der Waals surface area contributed by atoms with Gasteiger partial charge in [-0.25, -0.2) is 18.1 Å². The number of nitrogens with zero attached hydrogens (tertiary/aromatic N) is 6. The Kier molecular flexibility index (Phi) is 13.4. The Balaban J connectivity index is 0.000000189. The smallest absolute Gasteiger partial charge is 0.291 e. The Labute approximate surface area is 364 Å². The van der Waals surface area contributed by atoms with Crippen molar-refractivity contribution in [3.05, 3.63) is 212 Å². The summed E-state index contributed by atoms with van der Waals surface area (Å²) in [4.78, 5) is 60.0. The molecule has 0 atom stereocenters. The van der Waals surface area contributed by atoms with E-state index in [1.807, 2.05) is 48.5 Å².